The zero-order chi connectivity index (χ0) is 22.3. The fourth-order valence-corrected chi connectivity index (χ4v) is 3.73. The van der Waals surface area contributed by atoms with E-state index in [1.165, 1.54) is 17.2 Å². The Bertz CT molecular complexity index is 1420. The maximum atomic E-state index is 12.6. The molecule has 4 aromatic rings. The van der Waals surface area contributed by atoms with Gasteiger partial charge >= 0.3 is 5.69 Å². The SMILES string of the molecule is CCc1ccc2oc(C(=O)NCCCc3nc4c([nH]3)c(=O)n(C)c(=O)n4C)c(C)c2c1. The lowest BCUT2D eigenvalue weighted by molar-refractivity contribution is 0.0927. The summed E-state index contributed by atoms with van der Waals surface area (Å²) in [6.45, 7) is 4.40. The lowest BCUT2D eigenvalue weighted by Gasteiger charge is -2.03. The van der Waals surface area contributed by atoms with Gasteiger partial charge in [-0.3, -0.25) is 18.7 Å². The van der Waals surface area contributed by atoms with E-state index in [-0.39, 0.29) is 5.91 Å². The molecule has 0 fully saturated rings. The van der Waals surface area contributed by atoms with Gasteiger partial charge in [-0.15, -0.1) is 0 Å². The number of fused-ring (bicyclic) bond motifs is 2. The molecular formula is C22H25N5O4. The summed E-state index contributed by atoms with van der Waals surface area (Å²) in [5, 5.41) is 3.84. The molecule has 9 heteroatoms. The smallest absolute Gasteiger partial charge is 0.332 e. The van der Waals surface area contributed by atoms with Crippen LogP contribution < -0.4 is 16.6 Å². The van der Waals surface area contributed by atoms with Crippen LogP contribution in [0.4, 0.5) is 0 Å². The molecule has 0 unspecified atom stereocenters. The number of hydrogen-bond donors (Lipinski definition) is 2. The molecule has 1 aromatic carbocycles. The average molecular weight is 423 g/mol. The molecule has 0 radical (unpaired) electrons. The number of aromatic amines is 1. The second-order valence-electron chi connectivity index (χ2n) is 7.69. The second-order valence-corrected chi connectivity index (χ2v) is 7.69. The van der Waals surface area contributed by atoms with E-state index in [2.05, 4.69) is 28.3 Å². The molecule has 0 saturated heterocycles. The van der Waals surface area contributed by atoms with Gasteiger partial charge in [0.05, 0.1) is 0 Å². The number of furan rings is 1. The number of amides is 1. The summed E-state index contributed by atoms with van der Waals surface area (Å²) >= 11 is 0. The van der Waals surface area contributed by atoms with E-state index < -0.39 is 11.2 Å². The number of hydrogen-bond acceptors (Lipinski definition) is 5. The number of carbonyl (C=O) groups is 1. The van der Waals surface area contributed by atoms with Crippen LogP contribution in [0, 0.1) is 6.92 Å². The Morgan fingerprint density at radius 1 is 1.23 bits per heavy atom. The van der Waals surface area contributed by atoms with E-state index >= 15 is 0 Å². The van der Waals surface area contributed by atoms with Gasteiger partial charge in [0.2, 0.25) is 0 Å². The monoisotopic (exact) mass is 423 g/mol. The van der Waals surface area contributed by atoms with Crippen molar-refractivity contribution in [3.63, 3.8) is 0 Å². The lowest BCUT2D eigenvalue weighted by atomic mass is 10.1. The molecule has 0 aliphatic heterocycles. The summed E-state index contributed by atoms with van der Waals surface area (Å²) in [6.07, 6.45) is 2.05. The first-order valence-electron chi connectivity index (χ1n) is 10.3. The summed E-state index contributed by atoms with van der Waals surface area (Å²) in [4.78, 5) is 44.2. The maximum absolute atomic E-state index is 12.6. The molecule has 0 bridgehead atoms. The Morgan fingerprint density at radius 3 is 2.74 bits per heavy atom. The number of aromatic nitrogens is 4. The van der Waals surface area contributed by atoms with Crippen LogP contribution in [0.3, 0.4) is 0 Å². The van der Waals surface area contributed by atoms with Gasteiger partial charge in [0.25, 0.3) is 11.5 Å². The van der Waals surface area contributed by atoms with E-state index in [4.69, 9.17) is 4.42 Å². The highest BCUT2D eigenvalue weighted by Crippen LogP contribution is 2.26. The van der Waals surface area contributed by atoms with E-state index in [9.17, 15) is 14.4 Å². The Hall–Kier alpha value is -3.62. The van der Waals surface area contributed by atoms with Crippen LogP contribution in [0.5, 0.6) is 0 Å². The molecule has 1 amide bonds. The Morgan fingerprint density at radius 2 is 2.00 bits per heavy atom. The van der Waals surface area contributed by atoms with Gasteiger partial charge in [-0.05, 0) is 37.5 Å². The molecule has 9 nitrogen and oxygen atoms in total. The van der Waals surface area contributed by atoms with Gasteiger partial charge in [0.1, 0.15) is 16.9 Å². The topological polar surface area (TPSA) is 115 Å². The van der Waals surface area contributed by atoms with Crippen LogP contribution in [0.15, 0.2) is 32.2 Å². The number of aryl methyl sites for hydroxylation is 4. The van der Waals surface area contributed by atoms with Crippen molar-refractivity contribution in [2.75, 3.05) is 6.54 Å². The van der Waals surface area contributed by atoms with Crippen molar-refractivity contribution in [2.45, 2.75) is 33.1 Å². The number of rotatable bonds is 6. The van der Waals surface area contributed by atoms with Crippen LogP contribution >= 0.6 is 0 Å². The van der Waals surface area contributed by atoms with Crippen molar-refractivity contribution in [2.24, 2.45) is 14.1 Å². The van der Waals surface area contributed by atoms with Crippen LogP contribution in [-0.4, -0.2) is 31.6 Å². The first-order chi connectivity index (χ1) is 14.8. The number of benzene rings is 1. The molecule has 31 heavy (non-hydrogen) atoms. The zero-order valence-corrected chi connectivity index (χ0v) is 18.0. The van der Waals surface area contributed by atoms with Crippen molar-refractivity contribution in [3.05, 3.63) is 61.7 Å². The highest BCUT2D eigenvalue weighted by molar-refractivity contribution is 5.99. The minimum atomic E-state index is -0.421. The molecule has 3 aromatic heterocycles. The number of carbonyl (C=O) groups excluding carboxylic acids is 1. The summed E-state index contributed by atoms with van der Waals surface area (Å²) < 4.78 is 8.15. The van der Waals surface area contributed by atoms with Crippen LogP contribution in [0.1, 0.15) is 40.9 Å². The zero-order valence-electron chi connectivity index (χ0n) is 18.0. The quantitative estimate of drug-likeness (QED) is 0.460. The average Bonchev–Trinajstić information content (AvgIpc) is 3.35. The van der Waals surface area contributed by atoms with Gasteiger partial charge in [-0.2, -0.15) is 0 Å². The van der Waals surface area contributed by atoms with E-state index in [1.807, 2.05) is 19.1 Å². The first kappa shape index (κ1) is 20.6. The molecule has 0 atom stereocenters. The van der Waals surface area contributed by atoms with E-state index in [0.29, 0.717) is 47.7 Å². The van der Waals surface area contributed by atoms with Crippen molar-refractivity contribution in [1.29, 1.82) is 0 Å². The van der Waals surface area contributed by atoms with Gasteiger partial charge < -0.3 is 14.7 Å². The van der Waals surface area contributed by atoms with Crippen molar-refractivity contribution >= 4 is 28.0 Å². The maximum Gasteiger partial charge on any atom is 0.332 e. The van der Waals surface area contributed by atoms with Crippen molar-refractivity contribution < 1.29 is 9.21 Å². The first-order valence-corrected chi connectivity index (χ1v) is 10.3. The lowest BCUT2D eigenvalue weighted by Crippen LogP contribution is -2.36. The van der Waals surface area contributed by atoms with Crippen molar-refractivity contribution in [1.82, 2.24) is 24.4 Å². The Labute approximate surface area is 177 Å². The largest absolute Gasteiger partial charge is 0.451 e. The molecule has 0 saturated carbocycles. The predicted molar refractivity (Wildman–Crippen MR) is 118 cm³/mol. The number of nitrogens with zero attached hydrogens (tertiary/aromatic N) is 3. The van der Waals surface area contributed by atoms with Crippen LogP contribution in [-0.2, 0) is 26.9 Å². The van der Waals surface area contributed by atoms with Crippen LogP contribution in [0.25, 0.3) is 22.1 Å². The molecule has 3 heterocycles. The molecule has 2 N–H and O–H groups in total. The molecule has 0 aliphatic rings. The van der Waals surface area contributed by atoms with Gasteiger partial charge in [-0.1, -0.05) is 13.0 Å². The van der Waals surface area contributed by atoms with Crippen molar-refractivity contribution in [3.8, 4) is 0 Å². The third-order valence-electron chi connectivity index (χ3n) is 5.63. The fraction of sp³-hybridized carbons (Fsp3) is 0.364. The minimum absolute atomic E-state index is 0.257. The van der Waals surface area contributed by atoms with Gasteiger partial charge in [0.15, 0.2) is 11.4 Å². The summed E-state index contributed by atoms with van der Waals surface area (Å²) in [5.41, 5.74) is 2.53. The molecular weight excluding hydrogens is 398 g/mol. The summed E-state index contributed by atoms with van der Waals surface area (Å²) in [6, 6.07) is 5.96. The van der Waals surface area contributed by atoms with Crippen LogP contribution in [0.2, 0.25) is 0 Å². The second kappa shape index (κ2) is 7.90. The highest BCUT2D eigenvalue weighted by atomic mass is 16.3. The molecule has 0 aliphatic carbocycles. The number of H-pyrrole nitrogens is 1. The van der Waals surface area contributed by atoms with Gasteiger partial charge in [-0.25, -0.2) is 9.78 Å². The molecule has 162 valence electrons. The number of imidazole rings is 1. The third kappa shape index (κ3) is 3.56. The summed E-state index contributed by atoms with van der Waals surface area (Å²) in [7, 11) is 3.01. The van der Waals surface area contributed by atoms with E-state index in [0.717, 1.165) is 21.9 Å². The Balaban J connectivity index is 1.43. The third-order valence-corrected chi connectivity index (χ3v) is 5.63. The molecule has 0 spiro atoms. The normalized spacial score (nSPS) is 11.5. The molecule has 4 rings (SSSR count). The fourth-order valence-electron chi connectivity index (χ4n) is 3.73. The highest BCUT2D eigenvalue weighted by Gasteiger charge is 2.18. The Kier molecular flexibility index (Phi) is 5.26. The van der Waals surface area contributed by atoms with E-state index in [1.54, 1.807) is 7.05 Å². The minimum Gasteiger partial charge on any atom is -0.451 e. The van der Waals surface area contributed by atoms with Gasteiger partial charge in [0, 0.05) is 38.0 Å². The standard InChI is InChI=1S/C22H25N5O4/c1-5-13-8-9-15-14(11-13)12(2)18(31-15)20(28)23-10-6-7-16-24-17-19(25-16)26(3)22(30)27(4)21(17)29/h8-9,11H,5-7,10H2,1-4H3,(H,23,28)(H,24,25). The predicted octanol–water partition coefficient (Wildman–Crippen LogP) is 1.94. The summed E-state index contributed by atoms with van der Waals surface area (Å²) in [5.74, 6) is 0.660. The number of nitrogens with one attached hydrogen (secondary N) is 2.